The number of phenolic OH excluding ortho intramolecular Hbond substituents is 1. The maximum Gasteiger partial charge on any atom is 0.283 e. The predicted molar refractivity (Wildman–Crippen MR) is 127 cm³/mol. The topological polar surface area (TPSA) is 79.2 Å². The van der Waals surface area contributed by atoms with Crippen molar-refractivity contribution >= 4 is 40.4 Å². The summed E-state index contributed by atoms with van der Waals surface area (Å²) in [7, 11) is 1.44. The van der Waals surface area contributed by atoms with Gasteiger partial charge in [0, 0.05) is 5.56 Å². The number of aliphatic imine (C=N–C) groups is 1. The van der Waals surface area contributed by atoms with E-state index in [2.05, 4.69) is 4.99 Å². The lowest BCUT2D eigenvalue weighted by atomic mass is 10.1. The van der Waals surface area contributed by atoms with Crippen LogP contribution in [0.2, 0.25) is 0 Å². The molecule has 3 aromatic carbocycles. The van der Waals surface area contributed by atoms with Crippen LogP contribution in [-0.4, -0.2) is 34.8 Å². The van der Waals surface area contributed by atoms with Crippen LogP contribution in [0.1, 0.15) is 15.9 Å². The molecule has 3 aromatic rings. The lowest BCUT2D eigenvalue weighted by Gasteiger charge is -2.17. The molecule has 0 atom stereocenters. The van der Waals surface area contributed by atoms with Crippen LogP contribution in [0.15, 0.2) is 83.5 Å². The molecule has 0 saturated carbocycles. The van der Waals surface area contributed by atoms with Gasteiger partial charge in [0.05, 0.1) is 18.6 Å². The first-order valence-corrected chi connectivity index (χ1v) is 10.9. The number of methoxy groups -OCH3 is 1. The highest BCUT2D eigenvalue weighted by atomic mass is 32.2. The maximum absolute atomic E-state index is 13.2. The first-order valence-electron chi connectivity index (χ1n) is 9.95. The van der Waals surface area contributed by atoms with Crippen LogP contribution in [0, 0.1) is 5.82 Å². The monoisotopic (exact) mass is 462 g/mol. The van der Waals surface area contributed by atoms with E-state index in [4.69, 9.17) is 4.74 Å². The van der Waals surface area contributed by atoms with E-state index in [0.717, 1.165) is 11.8 Å². The van der Waals surface area contributed by atoms with Crippen molar-refractivity contribution in [2.45, 2.75) is 0 Å². The zero-order valence-electron chi connectivity index (χ0n) is 17.6. The van der Waals surface area contributed by atoms with E-state index in [9.17, 15) is 19.1 Å². The maximum atomic E-state index is 13.2. The Bertz CT molecular complexity index is 1260. The summed E-state index contributed by atoms with van der Waals surface area (Å²) in [5, 5.41) is 10.2. The molecule has 1 amide bonds. The molecule has 8 heteroatoms. The van der Waals surface area contributed by atoms with Crippen molar-refractivity contribution in [2.75, 3.05) is 17.8 Å². The van der Waals surface area contributed by atoms with E-state index >= 15 is 0 Å². The van der Waals surface area contributed by atoms with Crippen molar-refractivity contribution in [2.24, 2.45) is 4.99 Å². The number of hydrogen-bond acceptors (Lipinski definition) is 6. The highest BCUT2D eigenvalue weighted by molar-refractivity contribution is 8.14. The second kappa shape index (κ2) is 9.70. The van der Waals surface area contributed by atoms with Gasteiger partial charge in [0.1, 0.15) is 11.5 Å². The standard InChI is InChI=1S/C25H19FN2O4S/c1-32-23-14-16(7-12-21(23)29)13-20-24(31)28(19-5-3-2-4-6-19)25(27-20)33-15-22(30)17-8-10-18(26)11-9-17/h2-14,29H,15H2,1H3. The fraction of sp³-hybridized carbons (Fsp3) is 0.0800. The number of carbonyl (C=O) groups excluding carboxylic acids is 2. The SMILES string of the molecule is COc1cc(C=C2N=C(SCC(=O)c3ccc(F)cc3)N(c3ccccc3)C2=O)ccc1O. The van der Waals surface area contributed by atoms with Crippen LogP contribution in [0.4, 0.5) is 10.1 Å². The number of rotatable bonds is 6. The summed E-state index contributed by atoms with van der Waals surface area (Å²) in [6.07, 6.45) is 1.59. The zero-order chi connectivity index (χ0) is 23.4. The molecule has 1 aliphatic heterocycles. The molecule has 0 saturated heterocycles. The van der Waals surface area contributed by atoms with E-state index < -0.39 is 5.82 Å². The number of halogens is 1. The molecule has 4 rings (SSSR count). The van der Waals surface area contributed by atoms with Gasteiger partial charge in [0.25, 0.3) is 5.91 Å². The predicted octanol–water partition coefficient (Wildman–Crippen LogP) is 4.90. The summed E-state index contributed by atoms with van der Waals surface area (Å²) in [5.41, 5.74) is 1.81. The van der Waals surface area contributed by atoms with Gasteiger partial charge in [-0.3, -0.25) is 14.5 Å². The normalized spacial score (nSPS) is 14.5. The first-order chi connectivity index (χ1) is 16.0. The number of nitrogens with zero attached hydrogens (tertiary/aromatic N) is 2. The van der Waals surface area contributed by atoms with Crippen LogP contribution in [-0.2, 0) is 4.79 Å². The Balaban J connectivity index is 1.63. The minimum atomic E-state index is -0.416. The number of ketones is 1. The molecule has 0 spiro atoms. The van der Waals surface area contributed by atoms with Crippen molar-refractivity contribution in [1.29, 1.82) is 0 Å². The van der Waals surface area contributed by atoms with Gasteiger partial charge in [-0.15, -0.1) is 0 Å². The average Bonchev–Trinajstić information content (AvgIpc) is 3.14. The summed E-state index contributed by atoms with van der Waals surface area (Å²) in [5.74, 6) is -0.670. The number of aromatic hydroxyl groups is 1. The van der Waals surface area contributed by atoms with Crippen molar-refractivity contribution in [3.8, 4) is 11.5 Å². The van der Waals surface area contributed by atoms with Crippen LogP contribution in [0.5, 0.6) is 11.5 Å². The van der Waals surface area contributed by atoms with Crippen LogP contribution >= 0.6 is 11.8 Å². The van der Waals surface area contributed by atoms with Gasteiger partial charge >= 0.3 is 0 Å². The van der Waals surface area contributed by atoms with Gasteiger partial charge in [0.15, 0.2) is 22.4 Å². The fourth-order valence-corrected chi connectivity index (χ4v) is 4.10. The number of Topliss-reactive ketones (excluding diaryl/α,β-unsaturated/α-hetero) is 1. The second-order valence-corrected chi connectivity index (χ2v) is 7.99. The number of para-hydroxylation sites is 1. The quantitative estimate of drug-likeness (QED) is 0.416. The molecule has 1 aliphatic rings. The fourth-order valence-electron chi connectivity index (χ4n) is 3.19. The van der Waals surface area contributed by atoms with E-state index in [1.807, 2.05) is 6.07 Å². The van der Waals surface area contributed by atoms with Gasteiger partial charge in [-0.2, -0.15) is 0 Å². The van der Waals surface area contributed by atoms with Gasteiger partial charge in [-0.25, -0.2) is 9.38 Å². The Morgan fingerprint density at radius 2 is 1.85 bits per heavy atom. The molecule has 0 unspecified atom stereocenters. The lowest BCUT2D eigenvalue weighted by molar-refractivity contribution is -0.113. The van der Waals surface area contributed by atoms with Crippen LogP contribution in [0.25, 0.3) is 6.08 Å². The summed E-state index contributed by atoms with van der Waals surface area (Å²) in [6.45, 7) is 0. The van der Waals surface area contributed by atoms with Gasteiger partial charge in [0.2, 0.25) is 0 Å². The Morgan fingerprint density at radius 3 is 2.55 bits per heavy atom. The third kappa shape index (κ3) is 4.96. The first kappa shape index (κ1) is 22.3. The third-order valence-electron chi connectivity index (χ3n) is 4.85. The molecule has 0 radical (unpaired) electrons. The molecule has 6 nitrogen and oxygen atoms in total. The van der Waals surface area contributed by atoms with Crippen LogP contribution in [0.3, 0.4) is 0 Å². The summed E-state index contributed by atoms with van der Waals surface area (Å²) < 4.78 is 18.3. The number of benzene rings is 3. The Hall–Kier alpha value is -3.91. The molecule has 1 N–H and O–H groups in total. The van der Waals surface area contributed by atoms with Crippen molar-refractivity contribution < 1.29 is 23.8 Å². The number of amides is 1. The second-order valence-electron chi connectivity index (χ2n) is 7.05. The Morgan fingerprint density at radius 1 is 1.12 bits per heavy atom. The average molecular weight is 463 g/mol. The number of phenols is 1. The lowest BCUT2D eigenvalue weighted by Crippen LogP contribution is -2.30. The van der Waals surface area contributed by atoms with E-state index in [1.165, 1.54) is 42.3 Å². The third-order valence-corrected chi connectivity index (χ3v) is 5.79. The van der Waals surface area contributed by atoms with Crippen molar-refractivity contribution in [3.63, 3.8) is 0 Å². The van der Waals surface area contributed by atoms with Crippen LogP contribution < -0.4 is 9.64 Å². The smallest absolute Gasteiger partial charge is 0.283 e. The van der Waals surface area contributed by atoms with Crippen molar-refractivity contribution in [3.05, 3.63) is 95.4 Å². The summed E-state index contributed by atoms with van der Waals surface area (Å²) in [6, 6.07) is 19.1. The molecular formula is C25H19FN2O4S. The molecule has 1 heterocycles. The van der Waals surface area contributed by atoms with E-state index in [1.54, 1.807) is 42.5 Å². The molecule has 0 aliphatic carbocycles. The number of carbonyl (C=O) groups is 2. The zero-order valence-corrected chi connectivity index (χ0v) is 18.4. The highest BCUT2D eigenvalue weighted by Gasteiger charge is 2.32. The van der Waals surface area contributed by atoms with E-state index in [0.29, 0.717) is 22.0 Å². The molecule has 33 heavy (non-hydrogen) atoms. The molecular weight excluding hydrogens is 443 g/mol. The molecule has 0 fully saturated rings. The van der Waals surface area contributed by atoms with E-state index in [-0.39, 0.29) is 34.6 Å². The number of ether oxygens (including phenoxy) is 1. The van der Waals surface area contributed by atoms with Gasteiger partial charge in [-0.05, 0) is 60.2 Å². The number of amidine groups is 1. The van der Waals surface area contributed by atoms with Gasteiger partial charge < -0.3 is 9.84 Å². The number of thioether (sulfide) groups is 1. The molecule has 166 valence electrons. The van der Waals surface area contributed by atoms with Gasteiger partial charge in [-0.1, -0.05) is 36.0 Å². The Kier molecular flexibility index (Phi) is 6.55. The minimum absolute atomic E-state index is 0.0117. The minimum Gasteiger partial charge on any atom is -0.504 e. The summed E-state index contributed by atoms with van der Waals surface area (Å²) >= 11 is 1.13. The highest BCUT2D eigenvalue weighted by Crippen LogP contribution is 2.31. The number of hydrogen-bond donors (Lipinski definition) is 1. The molecule has 0 bridgehead atoms. The summed E-state index contributed by atoms with van der Waals surface area (Å²) in [4.78, 5) is 31.7. The largest absolute Gasteiger partial charge is 0.504 e. The van der Waals surface area contributed by atoms with Crippen molar-refractivity contribution in [1.82, 2.24) is 0 Å². The Labute approximate surface area is 194 Å². The number of anilines is 1. The molecule has 0 aromatic heterocycles.